The number of nitrogens with zero attached hydrogens (tertiary/aromatic N) is 4. The largest absolute Gasteiger partial charge is 0.356 e. The van der Waals surface area contributed by atoms with E-state index in [1.165, 1.54) is 16.8 Å². The average molecular weight is 331 g/mol. The van der Waals surface area contributed by atoms with Gasteiger partial charge in [-0.3, -0.25) is 14.2 Å². The maximum Gasteiger partial charge on any atom is 0.330 e. The standard InChI is InChI=1S/C16H21N5O3/c1-3-4-8-16(18-19-16)9-6-13(22)17-10-5-11-21-14(23)7-12-20(2)15(21)24/h1,7,12H,4-6,8-11H2,2H3,(H,17,22). The maximum atomic E-state index is 11.8. The number of nitrogens with one attached hydrogen (secondary N) is 1. The highest BCUT2D eigenvalue weighted by Gasteiger charge is 2.39. The molecule has 0 unspecified atom stereocenters. The molecule has 0 radical (unpaired) electrons. The van der Waals surface area contributed by atoms with E-state index in [2.05, 4.69) is 21.5 Å². The van der Waals surface area contributed by atoms with Gasteiger partial charge in [0, 0.05) is 58.1 Å². The first-order chi connectivity index (χ1) is 11.5. The van der Waals surface area contributed by atoms with Gasteiger partial charge in [0.2, 0.25) is 5.91 Å². The van der Waals surface area contributed by atoms with Crippen LogP contribution in [0.4, 0.5) is 0 Å². The fraction of sp³-hybridized carbons (Fsp3) is 0.562. The van der Waals surface area contributed by atoms with Crippen molar-refractivity contribution in [1.29, 1.82) is 0 Å². The third-order valence-corrected chi connectivity index (χ3v) is 3.93. The lowest BCUT2D eigenvalue weighted by Crippen LogP contribution is -2.38. The Morgan fingerprint density at radius 3 is 2.79 bits per heavy atom. The van der Waals surface area contributed by atoms with Crippen LogP contribution in [0.3, 0.4) is 0 Å². The first kappa shape index (κ1) is 17.7. The zero-order valence-corrected chi connectivity index (χ0v) is 13.7. The summed E-state index contributed by atoms with van der Waals surface area (Å²) >= 11 is 0. The van der Waals surface area contributed by atoms with Crippen molar-refractivity contribution in [1.82, 2.24) is 14.5 Å². The third-order valence-electron chi connectivity index (χ3n) is 3.93. The summed E-state index contributed by atoms with van der Waals surface area (Å²) in [6.07, 6.45) is 9.31. The lowest BCUT2D eigenvalue weighted by molar-refractivity contribution is -0.121. The van der Waals surface area contributed by atoms with Crippen molar-refractivity contribution in [2.24, 2.45) is 17.3 Å². The Morgan fingerprint density at radius 2 is 2.12 bits per heavy atom. The Kier molecular flexibility index (Phi) is 5.68. The van der Waals surface area contributed by atoms with Gasteiger partial charge < -0.3 is 9.88 Å². The van der Waals surface area contributed by atoms with Gasteiger partial charge in [0.05, 0.1) is 0 Å². The number of carbonyl (C=O) groups excluding carboxylic acids is 1. The minimum atomic E-state index is -0.451. The molecule has 0 bridgehead atoms. The van der Waals surface area contributed by atoms with Crippen LogP contribution < -0.4 is 16.6 Å². The quantitative estimate of drug-likeness (QED) is 0.524. The summed E-state index contributed by atoms with van der Waals surface area (Å²) in [6, 6.07) is 1.35. The van der Waals surface area contributed by atoms with Crippen molar-refractivity contribution in [3.8, 4) is 12.3 Å². The topological polar surface area (TPSA) is 97.8 Å². The van der Waals surface area contributed by atoms with Gasteiger partial charge in [-0.2, -0.15) is 10.2 Å². The highest BCUT2D eigenvalue weighted by molar-refractivity contribution is 5.75. The van der Waals surface area contributed by atoms with Crippen molar-refractivity contribution in [3.05, 3.63) is 33.1 Å². The number of hydrogen-bond donors (Lipinski definition) is 1. The number of amides is 1. The number of carbonyl (C=O) groups is 1. The molecule has 1 aliphatic rings. The lowest BCUT2D eigenvalue weighted by atomic mass is 10.0. The molecule has 0 saturated carbocycles. The van der Waals surface area contributed by atoms with E-state index in [0.29, 0.717) is 38.6 Å². The summed E-state index contributed by atoms with van der Waals surface area (Å²) in [5, 5.41) is 10.7. The molecule has 2 rings (SSSR count). The van der Waals surface area contributed by atoms with E-state index in [-0.39, 0.29) is 23.7 Å². The molecule has 8 heteroatoms. The summed E-state index contributed by atoms with van der Waals surface area (Å²) in [6.45, 7) is 0.665. The Morgan fingerprint density at radius 1 is 1.38 bits per heavy atom. The van der Waals surface area contributed by atoms with E-state index in [0.717, 1.165) is 4.57 Å². The average Bonchev–Trinajstić information content (AvgIpc) is 3.34. The van der Waals surface area contributed by atoms with Gasteiger partial charge in [-0.25, -0.2) is 4.79 Å². The minimum Gasteiger partial charge on any atom is -0.356 e. The van der Waals surface area contributed by atoms with Crippen molar-refractivity contribution >= 4 is 5.91 Å². The molecule has 128 valence electrons. The Labute approximate surface area is 139 Å². The summed E-state index contributed by atoms with van der Waals surface area (Å²) < 4.78 is 2.50. The van der Waals surface area contributed by atoms with Crippen LogP contribution in [-0.2, 0) is 18.4 Å². The van der Waals surface area contributed by atoms with E-state index < -0.39 is 5.66 Å². The van der Waals surface area contributed by atoms with Gasteiger partial charge in [-0.15, -0.1) is 12.3 Å². The van der Waals surface area contributed by atoms with Crippen LogP contribution in [0.2, 0.25) is 0 Å². The Bertz CT molecular complexity index is 778. The fourth-order valence-corrected chi connectivity index (χ4v) is 2.35. The molecule has 0 atom stereocenters. The zero-order valence-electron chi connectivity index (χ0n) is 13.7. The molecule has 24 heavy (non-hydrogen) atoms. The normalized spacial score (nSPS) is 14.2. The minimum absolute atomic E-state index is 0.0966. The second kappa shape index (κ2) is 7.73. The summed E-state index contributed by atoms with van der Waals surface area (Å²) in [5.74, 6) is 2.45. The molecule has 0 aliphatic carbocycles. The molecule has 8 nitrogen and oxygen atoms in total. The van der Waals surface area contributed by atoms with Crippen molar-refractivity contribution in [2.45, 2.75) is 44.3 Å². The van der Waals surface area contributed by atoms with Crippen LogP contribution in [0.1, 0.15) is 32.1 Å². The van der Waals surface area contributed by atoms with Crippen molar-refractivity contribution in [2.75, 3.05) is 6.54 Å². The van der Waals surface area contributed by atoms with Crippen LogP contribution >= 0.6 is 0 Å². The second-order valence-electron chi connectivity index (χ2n) is 5.79. The molecular weight excluding hydrogens is 310 g/mol. The fourth-order valence-electron chi connectivity index (χ4n) is 2.35. The predicted molar refractivity (Wildman–Crippen MR) is 88.5 cm³/mol. The van der Waals surface area contributed by atoms with Crippen molar-refractivity contribution in [3.63, 3.8) is 0 Å². The molecule has 1 amide bonds. The van der Waals surface area contributed by atoms with Crippen LogP contribution in [0.25, 0.3) is 0 Å². The molecule has 1 aromatic rings. The van der Waals surface area contributed by atoms with E-state index in [4.69, 9.17) is 6.42 Å². The lowest BCUT2D eigenvalue weighted by Gasteiger charge is -2.10. The van der Waals surface area contributed by atoms with E-state index in [1.54, 1.807) is 7.05 Å². The highest BCUT2D eigenvalue weighted by atomic mass is 16.2. The molecular formula is C16H21N5O3. The molecule has 2 heterocycles. The summed E-state index contributed by atoms with van der Waals surface area (Å²) in [4.78, 5) is 35.3. The molecule has 0 aromatic carbocycles. The van der Waals surface area contributed by atoms with Crippen LogP contribution in [0.15, 0.2) is 32.1 Å². The number of rotatable bonds is 9. The predicted octanol–water partition coefficient (Wildman–Crippen LogP) is 0.409. The highest BCUT2D eigenvalue weighted by Crippen LogP contribution is 2.37. The van der Waals surface area contributed by atoms with Gasteiger partial charge in [0.1, 0.15) is 0 Å². The number of terminal acetylenes is 1. The summed E-state index contributed by atoms with van der Waals surface area (Å²) in [5.41, 5.74) is -1.15. The van der Waals surface area contributed by atoms with E-state index >= 15 is 0 Å². The molecule has 0 fully saturated rings. The first-order valence-corrected chi connectivity index (χ1v) is 7.88. The first-order valence-electron chi connectivity index (χ1n) is 7.88. The second-order valence-corrected chi connectivity index (χ2v) is 5.79. The van der Waals surface area contributed by atoms with Crippen LogP contribution in [-0.4, -0.2) is 27.2 Å². The molecule has 0 spiro atoms. The van der Waals surface area contributed by atoms with Gasteiger partial charge in [-0.05, 0) is 6.42 Å². The Hall–Kier alpha value is -2.69. The number of hydrogen-bond acceptors (Lipinski definition) is 5. The monoisotopic (exact) mass is 331 g/mol. The number of aromatic nitrogens is 2. The zero-order chi connectivity index (χ0) is 17.6. The third kappa shape index (κ3) is 4.65. The van der Waals surface area contributed by atoms with E-state index in [9.17, 15) is 14.4 Å². The van der Waals surface area contributed by atoms with E-state index in [1.807, 2.05) is 0 Å². The smallest absolute Gasteiger partial charge is 0.330 e. The van der Waals surface area contributed by atoms with Gasteiger partial charge in [0.15, 0.2) is 5.66 Å². The van der Waals surface area contributed by atoms with Crippen molar-refractivity contribution < 1.29 is 4.79 Å². The Balaban J connectivity index is 1.69. The molecule has 1 aromatic heterocycles. The maximum absolute atomic E-state index is 11.8. The molecule has 1 N–H and O–H groups in total. The summed E-state index contributed by atoms with van der Waals surface area (Å²) in [7, 11) is 1.59. The number of aryl methyl sites for hydroxylation is 1. The van der Waals surface area contributed by atoms with Crippen LogP contribution in [0.5, 0.6) is 0 Å². The SMILES string of the molecule is C#CCCC1(CCC(=O)NCCCn2c(=O)ccn(C)c2=O)N=N1. The molecule has 0 saturated heterocycles. The van der Waals surface area contributed by atoms with Crippen LogP contribution in [0, 0.1) is 12.3 Å². The van der Waals surface area contributed by atoms with Gasteiger partial charge in [-0.1, -0.05) is 0 Å². The molecule has 1 aliphatic heterocycles. The van der Waals surface area contributed by atoms with Gasteiger partial charge >= 0.3 is 5.69 Å². The van der Waals surface area contributed by atoms with Gasteiger partial charge in [0.25, 0.3) is 5.56 Å².